The molecule has 22 heavy (non-hydrogen) atoms. The summed E-state index contributed by atoms with van der Waals surface area (Å²) in [5.74, 6) is -0.673. The molecule has 0 aliphatic carbocycles. The van der Waals surface area contributed by atoms with Crippen LogP contribution in [0.25, 0.3) is 0 Å². The number of ether oxygens (including phenoxy) is 2. The van der Waals surface area contributed by atoms with Crippen molar-refractivity contribution in [3.63, 3.8) is 0 Å². The minimum atomic E-state index is -0.956. The molecular formula is C16H24N2O4. The van der Waals surface area contributed by atoms with Gasteiger partial charge in [0, 0.05) is 0 Å². The lowest BCUT2D eigenvalue weighted by Gasteiger charge is -2.29. The summed E-state index contributed by atoms with van der Waals surface area (Å²) in [6.45, 7) is 7.37. The standard InChI is InChI=1S/C16H24N2O4/c1-11(22-16(2,3)4)13(14(17)19)18-15(20)21-10-12-8-6-5-7-9-12/h5-9,11,13H,10H2,1-4H3,(H2,17,19)(H,18,20)/t11-,13+/m0/s1. The SMILES string of the molecule is C[C@H](OC(C)(C)C)[C@@H](NC(=O)OCc1ccccc1)C(N)=O. The molecule has 0 saturated heterocycles. The molecule has 0 saturated carbocycles. The first kappa shape index (κ1) is 18.0. The molecule has 0 unspecified atom stereocenters. The molecule has 1 aromatic rings. The fourth-order valence-corrected chi connectivity index (χ4v) is 1.94. The minimum absolute atomic E-state index is 0.118. The quantitative estimate of drug-likeness (QED) is 0.840. The van der Waals surface area contributed by atoms with Gasteiger partial charge in [0.25, 0.3) is 0 Å². The molecule has 0 spiro atoms. The van der Waals surface area contributed by atoms with Gasteiger partial charge in [-0.15, -0.1) is 0 Å². The minimum Gasteiger partial charge on any atom is -0.445 e. The van der Waals surface area contributed by atoms with E-state index in [-0.39, 0.29) is 6.61 Å². The molecule has 2 atom stereocenters. The maximum absolute atomic E-state index is 11.8. The lowest BCUT2D eigenvalue weighted by molar-refractivity contribution is -0.127. The van der Waals surface area contributed by atoms with Gasteiger partial charge in [-0.3, -0.25) is 4.79 Å². The molecule has 0 heterocycles. The molecule has 0 aliphatic heterocycles. The number of primary amides is 1. The third kappa shape index (κ3) is 6.58. The van der Waals surface area contributed by atoms with Crippen LogP contribution in [0.4, 0.5) is 4.79 Å². The van der Waals surface area contributed by atoms with E-state index in [1.807, 2.05) is 51.1 Å². The number of nitrogens with two attached hydrogens (primary N) is 1. The van der Waals surface area contributed by atoms with Crippen molar-refractivity contribution in [2.45, 2.75) is 52.0 Å². The summed E-state index contributed by atoms with van der Waals surface area (Å²) in [6.07, 6.45) is -1.28. The number of hydrogen-bond acceptors (Lipinski definition) is 4. The monoisotopic (exact) mass is 308 g/mol. The number of hydrogen-bond donors (Lipinski definition) is 2. The van der Waals surface area contributed by atoms with Crippen LogP contribution < -0.4 is 11.1 Å². The van der Waals surface area contributed by atoms with Gasteiger partial charge in [0.15, 0.2) is 0 Å². The Kier molecular flexibility index (Phi) is 6.37. The van der Waals surface area contributed by atoms with Crippen LogP contribution in [0.1, 0.15) is 33.3 Å². The number of amides is 2. The topological polar surface area (TPSA) is 90.7 Å². The van der Waals surface area contributed by atoms with Crippen molar-refractivity contribution in [3.8, 4) is 0 Å². The Balaban J connectivity index is 2.55. The lowest BCUT2D eigenvalue weighted by atomic mass is 10.1. The maximum Gasteiger partial charge on any atom is 0.408 e. The fourth-order valence-electron chi connectivity index (χ4n) is 1.94. The van der Waals surface area contributed by atoms with E-state index in [4.69, 9.17) is 15.2 Å². The molecule has 0 radical (unpaired) electrons. The molecule has 122 valence electrons. The van der Waals surface area contributed by atoms with Crippen LogP contribution in [0, 0.1) is 0 Å². The van der Waals surface area contributed by atoms with Crippen molar-refractivity contribution in [3.05, 3.63) is 35.9 Å². The Labute approximate surface area is 131 Å². The van der Waals surface area contributed by atoms with Gasteiger partial charge in [0.2, 0.25) is 5.91 Å². The first-order valence-electron chi connectivity index (χ1n) is 7.13. The lowest BCUT2D eigenvalue weighted by Crippen LogP contribution is -2.53. The van der Waals surface area contributed by atoms with Crippen molar-refractivity contribution >= 4 is 12.0 Å². The second kappa shape index (κ2) is 7.79. The van der Waals surface area contributed by atoms with Gasteiger partial charge in [-0.25, -0.2) is 4.79 Å². The molecule has 0 bridgehead atoms. The molecule has 1 rings (SSSR count). The molecule has 1 aromatic carbocycles. The largest absolute Gasteiger partial charge is 0.445 e. The molecule has 2 amide bonds. The van der Waals surface area contributed by atoms with Crippen molar-refractivity contribution in [2.24, 2.45) is 5.73 Å². The Morgan fingerprint density at radius 2 is 1.82 bits per heavy atom. The van der Waals surface area contributed by atoms with E-state index in [9.17, 15) is 9.59 Å². The summed E-state index contributed by atoms with van der Waals surface area (Å²) in [5.41, 5.74) is 5.72. The van der Waals surface area contributed by atoms with E-state index in [0.717, 1.165) is 5.56 Å². The number of carbonyl (C=O) groups is 2. The summed E-state index contributed by atoms with van der Waals surface area (Å²) < 4.78 is 10.7. The number of rotatable bonds is 6. The first-order chi connectivity index (χ1) is 10.2. The van der Waals surface area contributed by atoms with Crippen molar-refractivity contribution in [2.75, 3.05) is 0 Å². The average molecular weight is 308 g/mol. The Morgan fingerprint density at radius 1 is 1.23 bits per heavy atom. The molecule has 0 aliphatic rings. The van der Waals surface area contributed by atoms with Crippen molar-refractivity contribution in [1.29, 1.82) is 0 Å². The Hall–Kier alpha value is -2.08. The van der Waals surface area contributed by atoms with Crippen molar-refractivity contribution in [1.82, 2.24) is 5.32 Å². The molecule has 6 heteroatoms. The number of carbonyl (C=O) groups excluding carboxylic acids is 2. The second-order valence-corrected chi connectivity index (χ2v) is 6.02. The summed E-state index contributed by atoms with van der Waals surface area (Å²) in [5, 5.41) is 2.45. The van der Waals surface area contributed by atoms with Crippen molar-refractivity contribution < 1.29 is 19.1 Å². The van der Waals surface area contributed by atoms with E-state index in [2.05, 4.69) is 5.32 Å². The van der Waals surface area contributed by atoms with Gasteiger partial charge < -0.3 is 20.5 Å². The number of alkyl carbamates (subject to hydrolysis) is 1. The highest BCUT2D eigenvalue weighted by Gasteiger charge is 2.29. The summed E-state index contributed by atoms with van der Waals surface area (Å²) >= 11 is 0. The summed E-state index contributed by atoms with van der Waals surface area (Å²) in [4.78, 5) is 23.3. The zero-order chi connectivity index (χ0) is 16.8. The van der Waals surface area contributed by atoms with Crippen LogP contribution in [0.3, 0.4) is 0 Å². The predicted molar refractivity (Wildman–Crippen MR) is 83.0 cm³/mol. The highest BCUT2D eigenvalue weighted by molar-refractivity contribution is 5.84. The van der Waals surface area contributed by atoms with Crippen LogP contribution >= 0.6 is 0 Å². The van der Waals surface area contributed by atoms with E-state index in [1.165, 1.54) is 0 Å². The highest BCUT2D eigenvalue weighted by Crippen LogP contribution is 2.13. The van der Waals surface area contributed by atoms with E-state index in [1.54, 1.807) is 6.92 Å². The van der Waals surface area contributed by atoms with E-state index < -0.39 is 29.7 Å². The van der Waals surface area contributed by atoms with Crippen LogP contribution in [0.5, 0.6) is 0 Å². The second-order valence-electron chi connectivity index (χ2n) is 6.02. The third-order valence-electron chi connectivity index (χ3n) is 2.80. The molecule has 0 aromatic heterocycles. The van der Waals surface area contributed by atoms with Crippen LogP contribution in [0.15, 0.2) is 30.3 Å². The molecular weight excluding hydrogens is 284 g/mol. The molecule has 0 fully saturated rings. The summed E-state index contributed by atoms with van der Waals surface area (Å²) in [7, 11) is 0. The molecule has 6 nitrogen and oxygen atoms in total. The zero-order valence-corrected chi connectivity index (χ0v) is 13.5. The van der Waals surface area contributed by atoms with Gasteiger partial charge in [0.05, 0.1) is 11.7 Å². The van der Waals surface area contributed by atoms with Gasteiger partial charge in [-0.1, -0.05) is 30.3 Å². The van der Waals surface area contributed by atoms with E-state index >= 15 is 0 Å². The van der Waals surface area contributed by atoms with Crippen LogP contribution in [-0.2, 0) is 20.9 Å². The maximum atomic E-state index is 11.8. The first-order valence-corrected chi connectivity index (χ1v) is 7.13. The molecule has 3 N–H and O–H groups in total. The number of nitrogens with one attached hydrogen (secondary N) is 1. The average Bonchev–Trinajstić information content (AvgIpc) is 2.41. The van der Waals surface area contributed by atoms with Crippen LogP contribution in [0.2, 0.25) is 0 Å². The van der Waals surface area contributed by atoms with Gasteiger partial charge >= 0.3 is 6.09 Å². The Morgan fingerprint density at radius 3 is 2.32 bits per heavy atom. The van der Waals surface area contributed by atoms with E-state index in [0.29, 0.717) is 0 Å². The highest BCUT2D eigenvalue weighted by atomic mass is 16.5. The van der Waals surface area contributed by atoms with Gasteiger partial charge in [-0.2, -0.15) is 0 Å². The van der Waals surface area contributed by atoms with Gasteiger partial charge in [-0.05, 0) is 33.3 Å². The van der Waals surface area contributed by atoms with Crippen LogP contribution in [-0.4, -0.2) is 29.7 Å². The third-order valence-corrected chi connectivity index (χ3v) is 2.80. The Bertz CT molecular complexity index is 497. The fraction of sp³-hybridized carbons (Fsp3) is 0.500. The predicted octanol–water partition coefficient (Wildman–Crippen LogP) is 1.97. The number of benzene rings is 1. The van der Waals surface area contributed by atoms with Gasteiger partial charge in [0.1, 0.15) is 12.6 Å². The smallest absolute Gasteiger partial charge is 0.408 e. The normalized spacial score (nSPS) is 14.0. The summed E-state index contributed by atoms with van der Waals surface area (Å²) in [6, 6.07) is 8.29. The zero-order valence-electron chi connectivity index (χ0n) is 13.5.